The Balaban J connectivity index is 1.70. The minimum absolute atomic E-state index is 0.370. The molecule has 2 N–H and O–H groups in total. The predicted octanol–water partition coefficient (Wildman–Crippen LogP) is 1.32. The Morgan fingerprint density at radius 1 is 1.05 bits per heavy atom. The first-order valence-electron chi connectivity index (χ1n) is 7.08. The molecule has 112 valence electrons. The van der Waals surface area contributed by atoms with E-state index in [-0.39, 0.29) is 0 Å². The van der Waals surface area contributed by atoms with Crippen LogP contribution in [-0.4, -0.2) is 49.2 Å². The number of anilines is 2. The number of thioether (sulfide) groups is 1. The molecule has 1 fully saturated rings. The zero-order valence-electron chi connectivity index (χ0n) is 11.9. The van der Waals surface area contributed by atoms with Crippen molar-refractivity contribution in [3.63, 3.8) is 0 Å². The number of nitrogen functional groups attached to an aromatic ring is 1. The Labute approximate surface area is 131 Å². The van der Waals surface area contributed by atoms with Gasteiger partial charge >= 0.3 is 0 Å². The smallest absolute Gasteiger partial charge is 0.207 e. The molecular weight excluding hydrogens is 298 g/mol. The van der Waals surface area contributed by atoms with Crippen LogP contribution in [0.3, 0.4) is 0 Å². The van der Waals surface area contributed by atoms with Crippen LogP contribution in [-0.2, 0) is 0 Å². The largest absolute Gasteiger partial charge is 0.369 e. The summed E-state index contributed by atoms with van der Waals surface area (Å²) < 4.78 is 1.73. The van der Waals surface area contributed by atoms with E-state index in [4.69, 9.17) is 5.73 Å². The third-order valence-electron chi connectivity index (χ3n) is 3.69. The van der Waals surface area contributed by atoms with Crippen molar-refractivity contribution in [2.45, 2.75) is 0 Å². The Morgan fingerprint density at radius 3 is 2.68 bits per heavy atom. The topological polar surface area (TPSA) is 85.2 Å². The Bertz CT molecular complexity index is 793. The molecule has 0 atom stereocenters. The third kappa shape index (κ3) is 2.25. The minimum atomic E-state index is 0.370. The van der Waals surface area contributed by atoms with Crippen LogP contribution in [0.2, 0.25) is 0 Å². The Kier molecular flexibility index (Phi) is 3.30. The van der Waals surface area contributed by atoms with E-state index in [9.17, 15) is 0 Å². The lowest BCUT2D eigenvalue weighted by Crippen LogP contribution is -2.32. The molecule has 0 amide bonds. The van der Waals surface area contributed by atoms with Gasteiger partial charge in [0.2, 0.25) is 5.95 Å². The van der Waals surface area contributed by atoms with E-state index < -0.39 is 0 Å². The van der Waals surface area contributed by atoms with Crippen LogP contribution in [0.5, 0.6) is 0 Å². The number of nitrogens with zero attached hydrogens (tertiary/aromatic N) is 6. The van der Waals surface area contributed by atoms with Gasteiger partial charge in [0, 0.05) is 48.6 Å². The highest BCUT2D eigenvalue weighted by Gasteiger charge is 2.14. The molecule has 22 heavy (non-hydrogen) atoms. The standard InChI is InChI=1S/C14H15N7S/c15-14-16-4-3-12-18-19-13(21(12)14)10-1-2-11(17-9-10)20-5-7-22-8-6-20/h1-4,9H,5-8H2,(H2,15,16). The van der Waals surface area contributed by atoms with Crippen molar-refractivity contribution in [3.05, 3.63) is 30.6 Å². The van der Waals surface area contributed by atoms with E-state index in [1.54, 1.807) is 16.7 Å². The highest BCUT2D eigenvalue weighted by Crippen LogP contribution is 2.23. The van der Waals surface area contributed by atoms with Gasteiger partial charge in [-0.25, -0.2) is 14.4 Å². The van der Waals surface area contributed by atoms with Gasteiger partial charge in [0.05, 0.1) is 0 Å². The maximum Gasteiger partial charge on any atom is 0.207 e. The van der Waals surface area contributed by atoms with E-state index in [1.165, 1.54) is 0 Å². The maximum absolute atomic E-state index is 5.93. The highest BCUT2D eigenvalue weighted by molar-refractivity contribution is 7.99. The van der Waals surface area contributed by atoms with Gasteiger partial charge < -0.3 is 10.6 Å². The molecule has 7 nitrogen and oxygen atoms in total. The minimum Gasteiger partial charge on any atom is -0.369 e. The number of pyridine rings is 1. The van der Waals surface area contributed by atoms with Crippen molar-refractivity contribution in [1.82, 2.24) is 24.6 Å². The molecule has 1 aliphatic heterocycles. The molecule has 1 aliphatic rings. The van der Waals surface area contributed by atoms with Gasteiger partial charge in [0.1, 0.15) is 5.82 Å². The third-order valence-corrected chi connectivity index (χ3v) is 4.63. The molecule has 3 aromatic rings. The summed E-state index contributed by atoms with van der Waals surface area (Å²) in [6, 6.07) is 5.81. The lowest BCUT2D eigenvalue weighted by atomic mass is 10.2. The molecule has 0 saturated carbocycles. The maximum atomic E-state index is 5.93. The summed E-state index contributed by atoms with van der Waals surface area (Å²) in [5.41, 5.74) is 7.48. The fourth-order valence-corrected chi connectivity index (χ4v) is 3.46. The van der Waals surface area contributed by atoms with Gasteiger partial charge in [-0.2, -0.15) is 11.8 Å². The lowest BCUT2D eigenvalue weighted by Gasteiger charge is -2.27. The molecule has 0 aliphatic carbocycles. The molecule has 1 saturated heterocycles. The van der Waals surface area contributed by atoms with E-state index in [0.29, 0.717) is 17.4 Å². The van der Waals surface area contributed by atoms with Gasteiger partial charge in [0.25, 0.3) is 0 Å². The molecular formula is C14H15N7S. The summed E-state index contributed by atoms with van der Waals surface area (Å²) in [5, 5.41) is 8.32. The number of hydrogen-bond donors (Lipinski definition) is 1. The van der Waals surface area contributed by atoms with E-state index in [2.05, 4.69) is 25.1 Å². The second-order valence-corrected chi connectivity index (χ2v) is 6.25. The summed E-state index contributed by atoms with van der Waals surface area (Å²) in [5.74, 6) is 4.34. The number of fused-ring (bicyclic) bond motifs is 1. The molecule has 0 bridgehead atoms. The summed E-state index contributed by atoms with van der Waals surface area (Å²) in [6.07, 6.45) is 3.44. The van der Waals surface area contributed by atoms with Crippen molar-refractivity contribution >= 4 is 29.2 Å². The first-order valence-corrected chi connectivity index (χ1v) is 8.23. The van der Waals surface area contributed by atoms with Crippen molar-refractivity contribution < 1.29 is 0 Å². The van der Waals surface area contributed by atoms with Crippen LogP contribution in [0.15, 0.2) is 30.6 Å². The highest BCUT2D eigenvalue weighted by atomic mass is 32.2. The zero-order valence-corrected chi connectivity index (χ0v) is 12.7. The summed E-state index contributed by atoms with van der Waals surface area (Å²) in [4.78, 5) is 11.0. The van der Waals surface area contributed by atoms with Gasteiger partial charge in [-0.3, -0.25) is 0 Å². The predicted molar refractivity (Wildman–Crippen MR) is 88.0 cm³/mol. The molecule has 4 heterocycles. The molecule has 4 rings (SSSR count). The van der Waals surface area contributed by atoms with E-state index in [1.807, 2.05) is 30.1 Å². The first kappa shape index (κ1) is 13.3. The normalized spacial score (nSPS) is 15.4. The SMILES string of the molecule is Nc1nccc2nnc(-c3ccc(N4CCSCC4)nc3)n12. The summed E-state index contributed by atoms with van der Waals surface area (Å²) >= 11 is 1.99. The Morgan fingerprint density at radius 2 is 1.91 bits per heavy atom. The summed E-state index contributed by atoms with van der Waals surface area (Å²) in [7, 11) is 0. The Hall–Kier alpha value is -2.35. The van der Waals surface area contributed by atoms with E-state index in [0.717, 1.165) is 36.0 Å². The number of hydrogen-bond acceptors (Lipinski definition) is 7. The van der Waals surface area contributed by atoms with Crippen molar-refractivity contribution in [2.75, 3.05) is 35.2 Å². The van der Waals surface area contributed by atoms with Gasteiger partial charge in [-0.05, 0) is 12.1 Å². The monoisotopic (exact) mass is 313 g/mol. The fourth-order valence-electron chi connectivity index (χ4n) is 2.55. The molecule has 0 aromatic carbocycles. The molecule has 8 heteroatoms. The second-order valence-electron chi connectivity index (χ2n) is 5.02. The number of aromatic nitrogens is 5. The van der Waals surface area contributed by atoms with E-state index >= 15 is 0 Å². The quantitative estimate of drug-likeness (QED) is 0.763. The average Bonchev–Trinajstić information content (AvgIpc) is 3.01. The van der Waals surface area contributed by atoms with Crippen LogP contribution in [0.4, 0.5) is 11.8 Å². The van der Waals surface area contributed by atoms with Crippen molar-refractivity contribution in [3.8, 4) is 11.4 Å². The lowest BCUT2D eigenvalue weighted by molar-refractivity contribution is 0.839. The molecule has 0 radical (unpaired) electrons. The van der Waals surface area contributed by atoms with Crippen molar-refractivity contribution in [1.29, 1.82) is 0 Å². The summed E-state index contributed by atoms with van der Waals surface area (Å²) in [6.45, 7) is 2.09. The fraction of sp³-hybridized carbons (Fsp3) is 0.286. The van der Waals surface area contributed by atoms with Crippen LogP contribution < -0.4 is 10.6 Å². The molecule has 0 unspecified atom stereocenters. The molecule has 0 spiro atoms. The van der Waals surface area contributed by atoms with Gasteiger partial charge in [-0.1, -0.05) is 0 Å². The van der Waals surface area contributed by atoms with Crippen LogP contribution in [0.25, 0.3) is 17.0 Å². The second kappa shape index (κ2) is 5.45. The molecule has 3 aromatic heterocycles. The first-order chi connectivity index (χ1) is 10.8. The van der Waals surface area contributed by atoms with Crippen LogP contribution in [0, 0.1) is 0 Å². The zero-order chi connectivity index (χ0) is 14.9. The van der Waals surface area contributed by atoms with Gasteiger partial charge in [0.15, 0.2) is 11.5 Å². The number of nitrogens with two attached hydrogens (primary N) is 1. The number of rotatable bonds is 2. The van der Waals surface area contributed by atoms with Crippen LogP contribution >= 0.6 is 11.8 Å². The van der Waals surface area contributed by atoms with Gasteiger partial charge in [-0.15, -0.1) is 10.2 Å². The average molecular weight is 313 g/mol. The van der Waals surface area contributed by atoms with Crippen molar-refractivity contribution in [2.24, 2.45) is 0 Å². The van der Waals surface area contributed by atoms with Crippen LogP contribution in [0.1, 0.15) is 0 Å².